The van der Waals surface area contributed by atoms with Crippen molar-refractivity contribution in [3.8, 4) is 0 Å². The van der Waals surface area contributed by atoms with Crippen molar-refractivity contribution in [3.63, 3.8) is 0 Å². The molecule has 0 fully saturated rings. The molecule has 0 unspecified atom stereocenters. The topological polar surface area (TPSA) is 38.9 Å². The van der Waals surface area contributed by atoms with Gasteiger partial charge in [-0.3, -0.25) is 0 Å². The summed E-state index contributed by atoms with van der Waals surface area (Å²) in [4.78, 5) is 0. The van der Waals surface area contributed by atoms with Gasteiger partial charge in [0.2, 0.25) is 0 Å². The van der Waals surface area contributed by atoms with E-state index in [4.69, 9.17) is 4.42 Å². The van der Waals surface area contributed by atoms with Crippen LogP contribution in [0.1, 0.15) is 0 Å². The summed E-state index contributed by atoms with van der Waals surface area (Å²) in [6, 6.07) is 8.59. The Kier molecular flexibility index (Phi) is 1.16. The summed E-state index contributed by atoms with van der Waals surface area (Å²) in [6.45, 7) is 0. The van der Waals surface area contributed by atoms with Gasteiger partial charge in [-0.25, -0.2) is 0 Å². The highest BCUT2D eigenvalue weighted by Gasteiger charge is 2.03. The first-order valence-electron chi connectivity index (χ1n) is 3.93. The Morgan fingerprint density at radius 1 is 1.08 bits per heavy atom. The monoisotopic (exact) mass is 169 g/mol. The highest BCUT2D eigenvalue weighted by atomic mass is 16.3. The number of hydrogen-bond acceptors (Lipinski definition) is 3. The first kappa shape index (κ1) is 6.60. The zero-order valence-corrected chi connectivity index (χ0v) is 6.69. The summed E-state index contributed by atoms with van der Waals surface area (Å²) >= 11 is 0. The van der Waals surface area contributed by atoms with Crippen molar-refractivity contribution in [2.45, 2.75) is 0 Å². The summed E-state index contributed by atoms with van der Waals surface area (Å²) in [5.74, 6) is 0. The van der Waals surface area contributed by atoms with Crippen LogP contribution in [-0.4, -0.2) is 10.2 Å². The van der Waals surface area contributed by atoms with Gasteiger partial charge in [0.1, 0.15) is 18.0 Å². The molecule has 3 rings (SSSR count). The van der Waals surface area contributed by atoms with Crippen LogP contribution >= 0.6 is 0 Å². The molecule has 0 aliphatic heterocycles. The molecule has 0 bridgehead atoms. The summed E-state index contributed by atoms with van der Waals surface area (Å²) in [5, 5.41) is 10.1. The van der Waals surface area contributed by atoms with E-state index in [1.165, 1.54) is 0 Å². The third-order valence-electron chi connectivity index (χ3n) is 2.04. The number of benzene rings is 1. The minimum Gasteiger partial charge on any atom is -0.470 e. The van der Waals surface area contributed by atoms with E-state index in [0.717, 1.165) is 21.8 Å². The van der Waals surface area contributed by atoms with Crippen molar-refractivity contribution in [1.82, 2.24) is 10.2 Å². The van der Waals surface area contributed by atoms with Crippen LogP contribution in [0, 0.1) is 6.07 Å². The second-order valence-corrected chi connectivity index (χ2v) is 2.81. The van der Waals surface area contributed by atoms with Gasteiger partial charge in [0.15, 0.2) is 0 Å². The Hall–Kier alpha value is -1.90. The number of fused-ring (bicyclic) bond motifs is 3. The molecule has 0 aliphatic rings. The lowest BCUT2D eigenvalue weighted by Gasteiger charge is -1.94. The van der Waals surface area contributed by atoms with Crippen LogP contribution < -0.4 is 0 Å². The van der Waals surface area contributed by atoms with Gasteiger partial charge < -0.3 is 4.42 Å². The number of hydrogen-bond donors (Lipinski definition) is 0. The van der Waals surface area contributed by atoms with Crippen molar-refractivity contribution < 1.29 is 4.42 Å². The third kappa shape index (κ3) is 0.839. The molecule has 3 aromatic rings. The minimum absolute atomic E-state index is 0.790. The van der Waals surface area contributed by atoms with Crippen LogP contribution in [0.5, 0.6) is 0 Å². The number of nitrogens with zero attached hydrogens (tertiary/aromatic N) is 2. The first-order valence-corrected chi connectivity index (χ1v) is 3.93. The van der Waals surface area contributed by atoms with E-state index in [1.54, 1.807) is 12.5 Å². The van der Waals surface area contributed by atoms with E-state index in [0.29, 0.717) is 0 Å². The van der Waals surface area contributed by atoms with Crippen LogP contribution in [0.2, 0.25) is 0 Å². The Labute approximate surface area is 74.0 Å². The van der Waals surface area contributed by atoms with Crippen molar-refractivity contribution in [2.24, 2.45) is 0 Å². The third-order valence-corrected chi connectivity index (χ3v) is 2.04. The van der Waals surface area contributed by atoms with E-state index < -0.39 is 0 Å². The zero-order chi connectivity index (χ0) is 8.67. The molecule has 13 heavy (non-hydrogen) atoms. The summed E-state index contributed by atoms with van der Waals surface area (Å²) in [6.07, 6.45) is 3.28. The Morgan fingerprint density at radius 2 is 2.00 bits per heavy atom. The van der Waals surface area contributed by atoms with Crippen LogP contribution in [0.15, 0.2) is 35.1 Å². The van der Waals surface area contributed by atoms with Gasteiger partial charge in [0.05, 0.1) is 5.52 Å². The lowest BCUT2D eigenvalue weighted by atomic mass is 10.2. The molecule has 2 aromatic heterocycles. The highest BCUT2D eigenvalue weighted by Crippen LogP contribution is 2.21. The molecular weight excluding hydrogens is 164 g/mol. The molecule has 3 heteroatoms. The molecule has 61 valence electrons. The van der Waals surface area contributed by atoms with Crippen molar-refractivity contribution in [2.75, 3.05) is 0 Å². The predicted molar refractivity (Wildman–Crippen MR) is 48.1 cm³/mol. The molecule has 0 saturated heterocycles. The molecular formula is C10H5N2O. The Balaban J connectivity index is 2.65. The molecule has 0 amide bonds. The Morgan fingerprint density at radius 3 is 3.00 bits per heavy atom. The highest BCUT2D eigenvalue weighted by molar-refractivity contribution is 6.02. The molecule has 1 radical (unpaired) electrons. The van der Waals surface area contributed by atoms with Gasteiger partial charge in [-0.2, -0.15) is 0 Å². The van der Waals surface area contributed by atoms with Crippen molar-refractivity contribution in [3.05, 3.63) is 36.8 Å². The smallest absolute Gasteiger partial charge is 0.132 e. The van der Waals surface area contributed by atoms with Crippen LogP contribution in [0.3, 0.4) is 0 Å². The largest absolute Gasteiger partial charge is 0.470 e. The van der Waals surface area contributed by atoms with Crippen LogP contribution in [0.25, 0.3) is 21.8 Å². The van der Waals surface area contributed by atoms with Gasteiger partial charge in [-0.05, 0) is 12.1 Å². The number of rotatable bonds is 0. The van der Waals surface area contributed by atoms with Gasteiger partial charge in [0.25, 0.3) is 0 Å². The first-order chi connectivity index (χ1) is 6.45. The van der Waals surface area contributed by atoms with E-state index >= 15 is 0 Å². The van der Waals surface area contributed by atoms with Crippen molar-refractivity contribution >= 4 is 21.8 Å². The maximum atomic E-state index is 5.06. The standard InChI is InChI=1S/C10H5N2O/c1-2-4-9-7(3-1)8-5-13-6-10(8)12-11-9/h1,3-6H. The van der Waals surface area contributed by atoms with E-state index in [9.17, 15) is 0 Å². The fraction of sp³-hybridized carbons (Fsp3) is 0. The molecule has 0 saturated carbocycles. The molecule has 2 heterocycles. The van der Waals surface area contributed by atoms with Gasteiger partial charge in [-0.1, -0.05) is 12.1 Å². The summed E-state index contributed by atoms with van der Waals surface area (Å²) in [5.41, 5.74) is 1.63. The van der Waals surface area contributed by atoms with Gasteiger partial charge in [0, 0.05) is 10.8 Å². The molecule has 0 spiro atoms. The minimum atomic E-state index is 0.790. The molecule has 1 aromatic carbocycles. The Bertz CT molecular complexity index is 571. The molecule has 0 N–H and O–H groups in total. The average molecular weight is 169 g/mol. The van der Waals surface area contributed by atoms with Crippen molar-refractivity contribution in [1.29, 1.82) is 0 Å². The average Bonchev–Trinajstić information content (AvgIpc) is 2.65. The zero-order valence-electron chi connectivity index (χ0n) is 6.69. The van der Waals surface area contributed by atoms with Gasteiger partial charge in [-0.15, -0.1) is 10.2 Å². The summed E-state index contributed by atoms with van der Waals surface area (Å²) in [7, 11) is 0. The quantitative estimate of drug-likeness (QED) is 0.517. The van der Waals surface area contributed by atoms with Gasteiger partial charge >= 0.3 is 0 Å². The fourth-order valence-electron chi connectivity index (χ4n) is 1.41. The molecule has 3 nitrogen and oxygen atoms in total. The summed E-state index contributed by atoms with van der Waals surface area (Å²) < 4.78 is 5.06. The lowest BCUT2D eigenvalue weighted by Crippen LogP contribution is -1.83. The normalized spacial score (nSPS) is 11.1. The van der Waals surface area contributed by atoms with E-state index in [1.807, 2.05) is 18.2 Å². The predicted octanol–water partition coefficient (Wildman–Crippen LogP) is 2.18. The maximum Gasteiger partial charge on any atom is 0.132 e. The SMILES string of the molecule is [c]1ccc2c(c1)nnc1cocc12. The lowest BCUT2D eigenvalue weighted by molar-refractivity contribution is 0.571. The van der Waals surface area contributed by atoms with E-state index in [2.05, 4.69) is 16.3 Å². The van der Waals surface area contributed by atoms with E-state index in [-0.39, 0.29) is 0 Å². The number of aromatic nitrogens is 2. The van der Waals surface area contributed by atoms with Crippen LogP contribution in [0.4, 0.5) is 0 Å². The molecule has 0 aliphatic carbocycles. The second kappa shape index (κ2) is 2.29. The van der Waals surface area contributed by atoms with Crippen LogP contribution in [-0.2, 0) is 0 Å². The number of furan rings is 1. The molecule has 0 atom stereocenters. The fourth-order valence-corrected chi connectivity index (χ4v) is 1.41. The second-order valence-electron chi connectivity index (χ2n) is 2.81. The maximum absolute atomic E-state index is 5.06.